The highest BCUT2D eigenvalue weighted by Gasteiger charge is 2.21. The summed E-state index contributed by atoms with van der Waals surface area (Å²) in [5.74, 6) is 1.74. The van der Waals surface area contributed by atoms with E-state index in [1.54, 1.807) is 0 Å². The van der Waals surface area contributed by atoms with Crippen LogP contribution >= 0.6 is 0 Å². The number of hydrogen-bond donors (Lipinski definition) is 0. The van der Waals surface area contributed by atoms with Crippen LogP contribution in [0.15, 0.2) is 66.7 Å². The van der Waals surface area contributed by atoms with Crippen molar-refractivity contribution in [3.63, 3.8) is 0 Å². The Morgan fingerprint density at radius 3 is 2.10 bits per heavy atom. The van der Waals surface area contributed by atoms with Crippen molar-refractivity contribution >= 4 is 0 Å². The van der Waals surface area contributed by atoms with Crippen molar-refractivity contribution in [2.45, 2.75) is 47.0 Å². The molecule has 1 heterocycles. The van der Waals surface area contributed by atoms with Crippen LogP contribution in [0.5, 0.6) is 0 Å². The molecular formula is C27H29N3. The molecule has 0 amide bonds. The molecule has 3 nitrogen and oxygen atoms in total. The van der Waals surface area contributed by atoms with E-state index in [9.17, 15) is 0 Å². The third-order valence-corrected chi connectivity index (χ3v) is 5.63. The third-order valence-electron chi connectivity index (χ3n) is 5.63. The van der Waals surface area contributed by atoms with Crippen molar-refractivity contribution in [3.05, 3.63) is 89.0 Å². The van der Waals surface area contributed by atoms with Crippen molar-refractivity contribution in [2.24, 2.45) is 0 Å². The molecule has 3 heteroatoms. The number of hydrogen-bond acceptors (Lipinski definition) is 2. The van der Waals surface area contributed by atoms with Gasteiger partial charge in [0.25, 0.3) is 0 Å². The molecule has 0 aliphatic heterocycles. The van der Waals surface area contributed by atoms with Gasteiger partial charge in [-0.1, -0.05) is 80.9 Å². The first-order valence-corrected chi connectivity index (χ1v) is 10.5. The standard InChI is InChI=1S/C27H29N3/c1-18-10-9-12-21(16-18)25-28-29-26(23-13-8-7-11-19(23)2)30(25)24-15-14-22(17-20(24)3)27(4,5)6/h7-17H,1-6H3. The Morgan fingerprint density at radius 2 is 1.43 bits per heavy atom. The van der Waals surface area contributed by atoms with Gasteiger partial charge in [0.05, 0.1) is 5.69 Å². The van der Waals surface area contributed by atoms with E-state index >= 15 is 0 Å². The molecule has 0 aliphatic rings. The fourth-order valence-electron chi connectivity index (χ4n) is 3.85. The first-order chi connectivity index (χ1) is 14.3. The van der Waals surface area contributed by atoms with E-state index in [1.807, 2.05) is 0 Å². The molecule has 0 saturated carbocycles. The predicted octanol–water partition coefficient (Wildman–Crippen LogP) is 6.82. The Bertz CT molecular complexity index is 1210. The number of aromatic nitrogens is 3. The van der Waals surface area contributed by atoms with Gasteiger partial charge < -0.3 is 0 Å². The van der Waals surface area contributed by atoms with Gasteiger partial charge in [0.2, 0.25) is 0 Å². The van der Waals surface area contributed by atoms with Crippen molar-refractivity contribution in [3.8, 4) is 28.5 Å². The van der Waals surface area contributed by atoms with Crippen molar-refractivity contribution in [2.75, 3.05) is 0 Å². The maximum Gasteiger partial charge on any atom is 0.169 e. The molecule has 4 aromatic rings. The lowest BCUT2D eigenvalue weighted by Crippen LogP contribution is -2.12. The molecule has 152 valence electrons. The van der Waals surface area contributed by atoms with Crippen molar-refractivity contribution in [1.29, 1.82) is 0 Å². The quantitative estimate of drug-likeness (QED) is 0.381. The molecular weight excluding hydrogens is 366 g/mol. The van der Waals surface area contributed by atoms with Gasteiger partial charge in [0.1, 0.15) is 0 Å². The van der Waals surface area contributed by atoms with E-state index in [2.05, 4.69) is 123 Å². The number of rotatable bonds is 3. The maximum atomic E-state index is 4.65. The zero-order chi connectivity index (χ0) is 21.5. The van der Waals surface area contributed by atoms with Crippen LogP contribution in [-0.2, 0) is 5.41 Å². The van der Waals surface area contributed by atoms with Gasteiger partial charge in [-0.2, -0.15) is 0 Å². The highest BCUT2D eigenvalue weighted by molar-refractivity contribution is 5.69. The van der Waals surface area contributed by atoms with Gasteiger partial charge >= 0.3 is 0 Å². The normalized spacial score (nSPS) is 11.7. The van der Waals surface area contributed by atoms with Gasteiger partial charge in [-0.3, -0.25) is 4.57 Å². The molecule has 0 spiro atoms. The van der Waals surface area contributed by atoms with Gasteiger partial charge in [-0.25, -0.2) is 0 Å². The van der Waals surface area contributed by atoms with Gasteiger partial charge in [0.15, 0.2) is 11.6 Å². The molecule has 0 fully saturated rings. The summed E-state index contributed by atoms with van der Waals surface area (Å²) in [5.41, 5.74) is 8.32. The Labute approximate surface area is 179 Å². The van der Waals surface area contributed by atoms with Crippen LogP contribution in [0.25, 0.3) is 28.5 Å². The Morgan fingerprint density at radius 1 is 0.700 bits per heavy atom. The van der Waals surface area contributed by atoms with Crippen LogP contribution in [0.3, 0.4) is 0 Å². The van der Waals surface area contributed by atoms with Crippen LogP contribution in [-0.4, -0.2) is 14.8 Å². The lowest BCUT2D eigenvalue weighted by molar-refractivity contribution is 0.589. The molecule has 4 rings (SSSR count). The van der Waals surface area contributed by atoms with Crippen LogP contribution in [0.4, 0.5) is 0 Å². The molecule has 0 radical (unpaired) electrons. The van der Waals surface area contributed by atoms with Crippen LogP contribution in [0.2, 0.25) is 0 Å². The van der Waals surface area contributed by atoms with Crippen LogP contribution in [0.1, 0.15) is 43.0 Å². The summed E-state index contributed by atoms with van der Waals surface area (Å²) in [6.07, 6.45) is 0. The largest absolute Gasteiger partial charge is 0.275 e. The average Bonchev–Trinajstić information content (AvgIpc) is 3.12. The maximum absolute atomic E-state index is 4.65. The molecule has 3 aromatic carbocycles. The fourth-order valence-corrected chi connectivity index (χ4v) is 3.85. The molecule has 0 unspecified atom stereocenters. The lowest BCUT2D eigenvalue weighted by atomic mass is 9.86. The van der Waals surface area contributed by atoms with Crippen molar-refractivity contribution < 1.29 is 0 Å². The van der Waals surface area contributed by atoms with Crippen LogP contribution in [0, 0.1) is 20.8 Å². The third kappa shape index (κ3) is 3.68. The minimum atomic E-state index is 0.106. The predicted molar refractivity (Wildman–Crippen MR) is 125 cm³/mol. The van der Waals surface area contributed by atoms with Crippen molar-refractivity contribution in [1.82, 2.24) is 14.8 Å². The average molecular weight is 396 g/mol. The zero-order valence-corrected chi connectivity index (χ0v) is 18.7. The number of benzene rings is 3. The molecule has 0 N–H and O–H groups in total. The van der Waals surface area contributed by atoms with E-state index in [0.717, 1.165) is 28.5 Å². The highest BCUT2D eigenvalue weighted by Crippen LogP contribution is 2.33. The monoisotopic (exact) mass is 395 g/mol. The first kappa shape index (κ1) is 20.1. The number of aryl methyl sites for hydroxylation is 3. The second kappa shape index (κ2) is 7.56. The lowest BCUT2D eigenvalue weighted by Gasteiger charge is -2.22. The van der Waals surface area contributed by atoms with Gasteiger partial charge in [-0.15, -0.1) is 10.2 Å². The fraction of sp³-hybridized carbons (Fsp3) is 0.259. The summed E-state index contributed by atoms with van der Waals surface area (Å²) in [6.45, 7) is 13.1. The van der Waals surface area contributed by atoms with Crippen LogP contribution < -0.4 is 0 Å². The second-order valence-corrected chi connectivity index (χ2v) is 9.12. The topological polar surface area (TPSA) is 30.7 Å². The Kier molecular flexibility index (Phi) is 5.07. The summed E-state index contributed by atoms with van der Waals surface area (Å²) in [5, 5.41) is 9.30. The van der Waals surface area contributed by atoms with Gasteiger partial charge in [-0.05, 0) is 55.0 Å². The Hall–Kier alpha value is -3.20. The summed E-state index contributed by atoms with van der Waals surface area (Å²) in [6, 6.07) is 23.5. The minimum Gasteiger partial charge on any atom is -0.275 e. The molecule has 1 aromatic heterocycles. The molecule has 0 atom stereocenters. The first-order valence-electron chi connectivity index (χ1n) is 10.5. The highest BCUT2D eigenvalue weighted by atomic mass is 15.3. The molecule has 30 heavy (non-hydrogen) atoms. The SMILES string of the molecule is Cc1cccc(-c2nnc(-c3ccccc3C)n2-c2ccc(C(C)(C)C)cc2C)c1. The second-order valence-electron chi connectivity index (χ2n) is 9.12. The van der Waals surface area contributed by atoms with E-state index in [-0.39, 0.29) is 5.41 Å². The minimum absolute atomic E-state index is 0.106. The summed E-state index contributed by atoms with van der Waals surface area (Å²) in [7, 11) is 0. The van der Waals surface area contributed by atoms with E-state index < -0.39 is 0 Å². The zero-order valence-electron chi connectivity index (χ0n) is 18.7. The molecule has 0 bridgehead atoms. The molecule has 0 aliphatic carbocycles. The number of nitrogens with zero attached hydrogens (tertiary/aromatic N) is 3. The summed E-state index contributed by atoms with van der Waals surface area (Å²) in [4.78, 5) is 0. The van der Waals surface area contributed by atoms with Gasteiger partial charge in [0, 0.05) is 11.1 Å². The van der Waals surface area contributed by atoms with E-state index in [4.69, 9.17) is 0 Å². The summed E-state index contributed by atoms with van der Waals surface area (Å²) >= 11 is 0. The molecule has 0 saturated heterocycles. The Balaban J connectivity index is 1.99. The summed E-state index contributed by atoms with van der Waals surface area (Å²) < 4.78 is 2.21. The smallest absolute Gasteiger partial charge is 0.169 e. The van der Waals surface area contributed by atoms with E-state index in [1.165, 1.54) is 22.3 Å². The van der Waals surface area contributed by atoms with E-state index in [0.29, 0.717) is 0 Å².